The van der Waals surface area contributed by atoms with Crippen LogP contribution in [0.1, 0.15) is 93.2 Å². The Balaban J connectivity index is 1.99. The lowest BCUT2D eigenvalue weighted by Gasteiger charge is -2.33. The lowest BCUT2D eigenvalue weighted by atomic mass is 9.71. The molecule has 4 rings (SSSR count). The molecule has 0 aliphatic heterocycles. The summed E-state index contributed by atoms with van der Waals surface area (Å²) in [6, 6.07) is 25.2. The topological polar surface area (TPSA) is 4.93 Å². The van der Waals surface area contributed by atoms with Gasteiger partial charge in [-0.2, -0.15) is 0 Å². The quantitative estimate of drug-likeness (QED) is 0.275. The SMILES string of the molecule is CC(C)(C)CC(C)(C)c1ccc2c(c1)c1cc(C(C)(C)CC(C)(C)C)ccc1n2-c1ccccc1. The first-order valence-corrected chi connectivity index (χ1v) is 13.2. The van der Waals surface area contributed by atoms with E-state index < -0.39 is 0 Å². The third kappa shape index (κ3) is 5.35. The largest absolute Gasteiger partial charge is 0.309 e. The summed E-state index contributed by atoms with van der Waals surface area (Å²) in [6.07, 6.45) is 2.29. The van der Waals surface area contributed by atoms with Crippen molar-refractivity contribution in [2.24, 2.45) is 10.8 Å². The van der Waals surface area contributed by atoms with Gasteiger partial charge in [-0.15, -0.1) is 0 Å². The van der Waals surface area contributed by atoms with Gasteiger partial charge in [0.25, 0.3) is 0 Å². The van der Waals surface area contributed by atoms with Gasteiger partial charge in [0.2, 0.25) is 0 Å². The number of hydrogen-bond acceptors (Lipinski definition) is 0. The summed E-state index contributed by atoms with van der Waals surface area (Å²) in [5.74, 6) is 0. The second-order valence-corrected chi connectivity index (χ2v) is 14.4. The molecule has 1 heteroatoms. The minimum Gasteiger partial charge on any atom is -0.309 e. The second kappa shape index (κ2) is 8.54. The number of rotatable bonds is 5. The highest BCUT2D eigenvalue weighted by Crippen LogP contribution is 2.42. The smallest absolute Gasteiger partial charge is 0.0541 e. The molecule has 1 heterocycles. The molecular formula is C34H45N. The van der Waals surface area contributed by atoms with Crippen molar-refractivity contribution >= 4 is 21.8 Å². The van der Waals surface area contributed by atoms with Crippen molar-refractivity contribution in [3.8, 4) is 5.69 Å². The van der Waals surface area contributed by atoms with Crippen LogP contribution in [0, 0.1) is 10.8 Å². The van der Waals surface area contributed by atoms with Gasteiger partial charge in [-0.05, 0) is 82.0 Å². The van der Waals surface area contributed by atoms with Crippen LogP contribution in [0.2, 0.25) is 0 Å². The Bertz CT molecular complexity index is 1250. The number of hydrogen-bond donors (Lipinski definition) is 0. The summed E-state index contributed by atoms with van der Waals surface area (Å²) in [4.78, 5) is 0. The van der Waals surface area contributed by atoms with Gasteiger partial charge in [0.05, 0.1) is 11.0 Å². The molecule has 186 valence electrons. The predicted molar refractivity (Wildman–Crippen MR) is 155 cm³/mol. The van der Waals surface area contributed by atoms with Crippen molar-refractivity contribution in [1.29, 1.82) is 0 Å². The van der Waals surface area contributed by atoms with Crippen molar-refractivity contribution < 1.29 is 0 Å². The van der Waals surface area contributed by atoms with Crippen molar-refractivity contribution in [3.63, 3.8) is 0 Å². The van der Waals surface area contributed by atoms with Gasteiger partial charge in [-0.25, -0.2) is 0 Å². The molecule has 0 atom stereocenters. The molecule has 0 saturated carbocycles. The van der Waals surface area contributed by atoms with Crippen LogP contribution in [0.3, 0.4) is 0 Å². The Kier molecular flexibility index (Phi) is 6.23. The van der Waals surface area contributed by atoms with Crippen LogP contribution in [0.15, 0.2) is 66.7 Å². The Morgan fingerprint density at radius 3 is 1.29 bits per heavy atom. The van der Waals surface area contributed by atoms with E-state index in [0.29, 0.717) is 0 Å². The van der Waals surface area contributed by atoms with Crippen LogP contribution in [0.4, 0.5) is 0 Å². The maximum Gasteiger partial charge on any atom is 0.0541 e. The summed E-state index contributed by atoms with van der Waals surface area (Å²) in [6.45, 7) is 23.7. The van der Waals surface area contributed by atoms with E-state index in [1.807, 2.05) is 0 Å². The van der Waals surface area contributed by atoms with Gasteiger partial charge in [0, 0.05) is 16.5 Å². The molecule has 0 saturated heterocycles. The fraction of sp³-hybridized carbons (Fsp3) is 0.471. The maximum atomic E-state index is 2.48. The molecule has 0 spiro atoms. The van der Waals surface area contributed by atoms with Gasteiger partial charge >= 0.3 is 0 Å². The molecule has 4 aromatic rings. The van der Waals surface area contributed by atoms with Crippen molar-refractivity contribution in [1.82, 2.24) is 4.57 Å². The normalized spacial score (nSPS) is 13.7. The average Bonchev–Trinajstić information content (AvgIpc) is 3.04. The molecule has 35 heavy (non-hydrogen) atoms. The van der Waals surface area contributed by atoms with E-state index in [9.17, 15) is 0 Å². The van der Waals surface area contributed by atoms with Gasteiger partial charge in [-0.3, -0.25) is 0 Å². The first-order chi connectivity index (χ1) is 16.1. The zero-order valence-electron chi connectivity index (χ0n) is 23.7. The molecule has 0 radical (unpaired) electrons. The van der Waals surface area contributed by atoms with Gasteiger partial charge in [0.1, 0.15) is 0 Å². The Labute approximate surface area is 213 Å². The van der Waals surface area contributed by atoms with Crippen molar-refractivity contribution in [2.45, 2.75) is 92.9 Å². The molecular weight excluding hydrogens is 422 g/mol. The summed E-state index contributed by atoms with van der Waals surface area (Å²) in [5, 5.41) is 2.72. The lowest BCUT2D eigenvalue weighted by molar-refractivity contribution is 0.283. The molecule has 0 N–H and O–H groups in total. The Hall–Kier alpha value is -2.54. The molecule has 1 aromatic heterocycles. The zero-order chi connectivity index (χ0) is 25.8. The summed E-state index contributed by atoms with van der Waals surface area (Å²) >= 11 is 0. The van der Waals surface area contributed by atoms with E-state index in [1.165, 1.54) is 38.6 Å². The highest BCUT2D eigenvalue weighted by molar-refractivity contribution is 6.09. The molecule has 0 bridgehead atoms. The minimum absolute atomic E-state index is 0.108. The number of nitrogens with zero attached hydrogens (tertiary/aromatic N) is 1. The highest BCUT2D eigenvalue weighted by Gasteiger charge is 2.30. The van der Waals surface area contributed by atoms with Crippen LogP contribution in [0.25, 0.3) is 27.5 Å². The first-order valence-electron chi connectivity index (χ1n) is 13.2. The first kappa shape index (κ1) is 25.5. The molecule has 0 amide bonds. The number of para-hydroxylation sites is 1. The van der Waals surface area contributed by atoms with Crippen LogP contribution >= 0.6 is 0 Å². The Morgan fingerprint density at radius 1 is 0.514 bits per heavy atom. The average molecular weight is 468 g/mol. The summed E-state index contributed by atoms with van der Waals surface area (Å²) in [5.41, 5.74) is 7.41. The number of aromatic nitrogens is 1. The summed E-state index contributed by atoms with van der Waals surface area (Å²) < 4.78 is 2.44. The van der Waals surface area contributed by atoms with Gasteiger partial charge in [-0.1, -0.05) is 99.6 Å². The van der Waals surface area contributed by atoms with E-state index >= 15 is 0 Å². The monoisotopic (exact) mass is 467 g/mol. The molecule has 0 aliphatic carbocycles. The summed E-state index contributed by atoms with van der Waals surface area (Å²) in [7, 11) is 0. The van der Waals surface area contributed by atoms with Crippen molar-refractivity contribution in [2.75, 3.05) is 0 Å². The van der Waals surface area contributed by atoms with Crippen LogP contribution in [0.5, 0.6) is 0 Å². The van der Waals surface area contributed by atoms with Crippen LogP contribution in [-0.2, 0) is 10.8 Å². The van der Waals surface area contributed by atoms with Crippen LogP contribution in [-0.4, -0.2) is 4.57 Å². The standard InChI is InChI=1S/C34H45N/c1-31(2,3)22-33(7,8)24-16-18-29-27(20-24)28-21-25(34(9,10)23-32(4,5)6)17-19-30(28)35(29)26-14-12-11-13-15-26/h11-21H,22-23H2,1-10H3. The lowest BCUT2D eigenvalue weighted by Crippen LogP contribution is -2.24. The van der Waals surface area contributed by atoms with E-state index in [0.717, 1.165) is 12.8 Å². The third-order valence-corrected chi connectivity index (χ3v) is 7.29. The molecule has 0 aliphatic rings. The molecule has 1 nitrogen and oxygen atoms in total. The fourth-order valence-electron chi connectivity index (χ4n) is 6.58. The number of benzene rings is 3. The van der Waals surface area contributed by atoms with Crippen molar-refractivity contribution in [3.05, 3.63) is 77.9 Å². The Morgan fingerprint density at radius 2 is 0.914 bits per heavy atom. The van der Waals surface area contributed by atoms with E-state index in [2.05, 4.69) is 141 Å². The fourth-order valence-corrected chi connectivity index (χ4v) is 6.58. The predicted octanol–water partition coefficient (Wildman–Crippen LogP) is 10.2. The van der Waals surface area contributed by atoms with E-state index in [1.54, 1.807) is 0 Å². The van der Waals surface area contributed by atoms with E-state index in [4.69, 9.17) is 0 Å². The maximum absolute atomic E-state index is 2.48. The third-order valence-electron chi connectivity index (χ3n) is 7.29. The zero-order valence-corrected chi connectivity index (χ0v) is 23.7. The highest BCUT2D eigenvalue weighted by atomic mass is 15.0. The van der Waals surface area contributed by atoms with Gasteiger partial charge in [0.15, 0.2) is 0 Å². The molecule has 0 unspecified atom stereocenters. The van der Waals surface area contributed by atoms with Gasteiger partial charge < -0.3 is 4.57 Å². The van der Waals surface area contributed by atoms with Crippen LogP contribution < -0.4 is 0 Å². The molecule has 3 aromatic carbocycles. The van der Waals surface area contributed by atoms with E-state index in [-0.39, 0.29) is 21.7 Å². The minimum atomic E-state index is 0.108. The number of fused-ring (bicyclic) bond motifs is 3. The molecule has 0 fully saturated rings. The second-order valence-electron chi connectivity index (χ2n) is 14.4.